The van der Waals surface area contributed by atoms with E-state index in [1.54, 1.807) is 31.2 Å². The Morgan fingerprint density at radius 2 is 1.96 bits per heavy atom. The number of nitro groups is 1. The predicted octanol–water partition coefficient (Wildman–Crippen LogP) is 3.67. The minimum Gasteiger partial charge on any atom is -0.490 e. The maximum atomic E-state index is 10.7. The van der Waals surface area contributed by atoms with Gasteiger partial charge in [0.2, 0.25) is 0 Å². The first-order chi connectivity index (χ1) is 12.9. The van der Waals surface area contributed by atoms with Gasteiger partial charge in [-0.25, -0.2) is 4.79 Å². The molecular formula is C17H16BrN3O6. The summed E-state index contributed by atoms with van der Waals surface area (Å²) in [7, 11) is 0. The molecule has 0 unspecified atom stereocenters. The summed E-state index contributed by atoms with van der Waals surface area (Å²) in [6.07, 6.45) is 1.52. The van der Waals surface area contributed by atoms with Crippen LogP contribution in [0.25, 0.3) is 0 Å². The lowest BCUT2D eigenvalue weighted by molar-refractivity contribution is -0.384. The molecule has 2 rings (SSSR count). The van der Waals surface area contributed by atoms with Gasteiger partial charge in [0, 0.05) is 22.2 Å². The largest absolute Gasteiger partial charge is 0.490 e. The molecule has 0 amide bonds. The second-order valence-electron chi connectivity index (χ2n) is 5.11. The number of hydrogen-bond acceptors (Lipinski definition) is 7. The van der Waals surface area contributed by atoms with Crippen LogP contribution in [0, 0.1) is 10.1 Å². The Labute approximate surface area is 162 Å². The molecule has 0 aliphatic heterocycles. The fourth-order valence-electron chi connectivity index (χ4n) is 2.00. The normalized spacial score (nSPS) is 10.6. The zero-order chi connectivity index (χ0) is 19.8. The fraction of sp³-hybridized carbons (Fsp3) is 0.176. The van der Waals surface area contributed by atoms with Crippen molar-refractivity contribution < 1.29 is 24.3 Å². The zero-order valence-electron chi connectivity index (χ0n) is 14.2. The zero-order valence-corrected chi connectivity index (χ0v) is 15.8. The highest BCUT2D eigenvalue weighted by Crippen LogP contribution is 2.33. The van der Waals surface area contributed by atoms with Crippen molar-refractivity contribution in [2.45, 2.75) is 6.92 Å². The van der Waals surface area contributed by atoms with Crippen molar-refractivity contribution in [1.82, 2.24) is 0 Å². The van der Waals surface area contributed by atoms with Gasteiger partial charge in [-0.3, -0.25) is 15.5 Å². The standard InChI is InChI=1S/C17H16BrN3O6/c1-2-26-15-7-11(14(18)8-16(15)27-10-17(22)23)9-19-20-12-3-5-13(6-4-12)21(24)25/h3-9,20H,2,10H2,1H3,(H,22,23)/b19-9+. The molecule has 142 valence electrons. The van der Waals surface area contributed by atoms with Gasteiger partial charge in [-0.1, -0.05) is 0 Å². The number of carbonyl (C=O) groups is 1. The SMILES string of the molecule is CCOc1cc(/C=N/Nc2ccc([N+](=O)[O-])cc2)c(Br)cc1OCC(=O)O. The van der Waals surface area contributed by atoms with Gasteiger partial charge in [0.1, 0.15) is 0 Å². The molecule has 0 aliphatic carbocycles. The van der Waals surface area contributed by atoms with Crippen LogP contribution in [0.1, 0.15) is 12.5 Å². The van der Waals surface area contributed by atoms with Crippen LogP contribution in [0.5, 0.6) is 11.5 Å². The smallest absolute Gasteiger partial charge is 0.341 e. The molecule has 0 aromatic heterocycles. The Bertz CT molecular complexity index is 854. The van der Waals surface area contributed by atoms with Gasteiger partial charge in [0.25, 0.3) is 5.69 Å². The van der Waals surface area contributed by atoms with E-state index in [1.807, 2.05) is 0 Å². The topological polar surface area (TPSA) is 123 Å². The third kappa shape index (κ3) is 5.96. The molecule has 0 spiro atoms. The molecule has 0 bridgehead atoms. The molecule has 0 fully saturated rings. The molecule has 2 N–H and O–H groups in total. The molecule has 2 aromatic carbocycles. The summed E-state index contributed by atoms with van der Waals surface area (Å²) >= 11 is 3.37. The number of carboxylic acid groups (broad SMARTS) is 1. The number of nitrogens with one attached hydrogen (secondary N) is 1. The maximum absolute atomic E-state index is 10.7. The first-order valence-electron chi connectivity index (χ1n) is 7.75. The number of nitrogens with zero attached hydrogens (tertiary/aromatic N) is 2. The van der Waals surface area contributed by atoms with Crippen LogP contribution >= 0.6 is 15.9 Å². The van der Waals surface area contributed by atoms with E-state index in [9.17, 15) is 14.9 Å². The number of ether oxygens (including phenoxy) is 2. The number of carboxylic acids is 1. The molecule has 27 heavy (non-hydrogen) atoms. The lowest BCUT2D eigenvalue weighted by Gasteiger charge is -2.12. The highest BCUT2D eigenvalue weighted by molar-refractivity contribution is 9.10. The van der Waals surface area contributed by atoms with Crippen molar-refractivity contribution in [3.63, 3.8) is 0 Å². The number of non-ortho nitro benzene ring substituents is 1. The van der Waals surface area contributed by atoms with Crippen LogP contribution in [-0.2, 0) is 4.79 Å². The number of aliphatic carboxylic acids is 1. The molecular weight excluding hydrogens is 422 g/mol. The maximum Gasteiger partial charge on any atom is 0.341 e. The van der Waals surface area contributed by atoms with Crippen molar-refractivity contribution in [2.75, 3.05) is 18.6 Å². The van der Waals surface area contributed by atoms with Crippen LogP contribution in [-0.4, -0.2) is 35.4 Å². The lowest BCUT2D eigenvalue weighted by Crippen LogP contribution is -2.10. The van der Waals surface area contributed by atoms with E-state index in [-0.39, 0.29) is 5.69 Å². The highest BCUT2D eigenvalue weighted by atomic mass is 79.9. The van der Waals surface area contributed by atoms with Gasteiger partial charge in [0.05, 0.1) is 23.4 Å². The molecule has 0 aliphatic rings. The summed E-state index contributed by atoms with van der Waals surface area (Å²) in [6.45, 7) is 1.69. The van der Waals surface area contributed by atoms with Gasteiger partial charge in [-0.15, -0.1) is 0 Å². The monoisotopic (exact) mass is 437 g/mol. The van der Waals surface area contributed by atoms with Crippen LogP contribution in [0.2, 0.25) is 0 Å². The Morgan fingerprint density at radius 3 is 2.56 bits per heavy atom. The van der Waals surface area contributed by atoms with E-state index >= 15 is 0 Å². The summed E-state index contributed by atoms with van der Waals surface area (Å²) in [5.41, 5.74) is 4.01. The third-order valence-corrected chi connectivity index (χ3v) is 3.88. The molecule has 0 atom stereocenters. The number of anilines is 1. The first kappa shape index (κ1) is 20.2. The Kier molecular flexibility index (Phi) is 7.12. The Morgan fingerprint density at radius 1 is 1.30 bits per heavy atom. The number of rotatable bonds is 9. The third-order valence-electron chi connectivity index (χ3n) is 3.19. The summed E-state index contributed by atoms with van der Waals surface area (Å²) < 4.78 is 11.3. The number of nitro benzene ring substituents is 1. The Balaban J connectivity index is 2.14. The molecule has 0 saturated heterocycles. The summed E-state index contributed by atoms with van der Waals surface area (Å²) in [6, 6.07) is 9.08. The molecule has 10 heteroatoms. The lowest BCUT2D eigenvalue weighted by atomic mass is 10.2. The molecule has 0 heterocycles. The Hall–Kier alpha value is -3.14. The minimum atomic E-state index is -1.09. The summed E-state index contributed by atoms with van der Waals surface area (Å²) in [4.78, 5) is 20.8. The molecule has 0 saturated carbocycles. The predicted molar refractivity (Wildman–Crippen MR) is 103 cm³/mol. The number of halogens is 1. The van der Waals surface area contributed by atoms with Gasteiger partial charge in [-0.2, -0.15) is 5.10 Å². The van der Waals surface area contributed by atoms with E-state index in [1.165, 1.54) is 18.3 Å². The summed E-state index contributed by atoms with van der Waals surface area (Å²) in [5.74, 6) is -0.406. The second kappa shape index (κ2) is 9.53. The molecule has 9 nitrogen and oxygen atoms in total. The van der Waals surface area contributed by atoms with Gasteiger partial charge < -0.3 is 14.6 Å². The van der Waals surface area contributed by atoms with Crippen LogP contribution < -0.4 is 14.9 Å². The summed E-state index contributed by atoms with van der Waals surface area (Å²) in [5, 5.41) is 23.5. The van der Waals surface area contributed by atoms with Crippen molar-refractivity contribution in [1.29, 1.82) is 0 Å². The highest BCUT2D eigenvalue weighted by Gasteiger charge is 2.11. The number of benzene rings is 2. The van der Waals surface area contributed by atoms with Gasteiger partial charge in [-0.05, 0) is 47.1 Å². The first-order valence-corrected chi connectivity index (χ1v) is 8.54. The van der Waals surface area contributed by atoms with Gasteiger partial charge in [0.15, 0.2) is 18.1 Å². The van der Waals surface area contributed by atoms with Crippen LogP contribution in [0.3, 0.4) is 0 Å². The van der Waals surface area contributed by atoms with Crippen LogP contribution in [0.4, 0.5) is 11.4 Å². The van der Waals surface area contributed by atoms with Crippen molar-refractivity contribution in [2.24, 2.45) is 5.10 Å². The van der Waals surface area contributed by atoms with E-state index in [2.05, 4.69) is 26.5 Å². The van der Waals surface area contributed by atoms with Crippen molar-refractivity contribution in [3.8, 4) is 11.5 Å². The van der Waals surface area contributed by atoms with Crippen LogP contribution in [0.15, 0.2) is 46.0 Å². The van der Waals surface area contributed by atoms with E-state index < -0.39 is 17.5 Å². The average molecular weight is 438 g/mol. The van der Waals surface area contributed by atoms with E-state index in [0.29, 0.717) is 33.8 Å². The number of hydrogen-bond donors (Lipinski definition) is 2. The quantitative estimate of drug-likeness (QED) is 0.348. The second-order valence-corrected chi connectivity index (χ2v) is 5.96. The van der Waals surface area contributed by atoms with Gasteiger partial charge >= 0.3 is 5.97 Å². The van der Waals surface area contributed by atoms with E-state index in [4.69, 9.17) is 14.6 Å². The van der Waals surface area contributed by atoms with E-state index in [0.717, 1.165) is 0 Å². The fourth-order valence-corrected chi connectivity index (χ4v) is 2.43. The molecule has 2 aromatic rings. The minimum absolute atomic E-state index is 0.00872. The van der Waals surface area contributed by atoms with Crippen molar-refractivity contribution in [3.05, 3.63) is 56.5 Å². The molecule has 0 radical (unpaired) electrons. The van der Waals surface area contributed by atoms with Crippen molar-refractivity contribution >= 4 is 39.5 Å². The number of hydrazone groups is 1. The average Bonchev–Trinajstić information content (AvgIpc) is 2.63.